The first-order chi connectivity index (χ1) is 12.0. The van der Waals surface area contributed by atoms with E-state index in [1.54, 1.807) is 22.0 Å². The fraction of sp³-hybridized carbons (Fsp3) is 0.300. The number of aromatic nitrogens is 2. The lowest BCUT2D eigenvalue weighted by Gasteiger charge is -2.11. The Hall–Kier alpha value is -2.40. The summed E-state index contributed by atoms with van der Waals surface area (Å²) < 4.78 is 7.35. The number of nitrogens with zero attached hydrogens (tertiary/aromatic N) is 2. The molecule has 0 spiro atoms. The van der Waals surface area contributed by atoms with Crippen LogP contribution in [0.3, 0.4) is 0 Å². The first-order valence-electron chi connectivity index (χ1n) is 8.34. The third kappa shape index (κ3) is 3.82. The Kier molecular flexibility index (Phi) is 5.04. The highest BCUT2D eigenvalue weighted by Crippen LogP contribution is 2.31. The highest BCUT2D eigenvalue weighted by atomic mass is 32.1. The van der Waals surface area contributed by atoms with Crippen molar-refractivity contribution < 1.29 is 4.74 Å². The summed E-state index contributed by atoms with van der Waals surface area (Å²) >= 11 is 1.58. The molecule has 0 unspecified atom stereocenters. The Morgan fingerprint density at radius 2 is 1.96 bits per heavy atom. The zero-order valence-electron chi connectivity index (χ0n) is 15.0. The normalized spacial score (nSPS) is 10.9. The third-order valence-electron chi connectivity index (χ3n) is 4.11. The second-order valence-corrected chi connectivity index (χ2v) is 7.11. The molecule has 0 aliphatic carbocycles. The molecule has 0 aliphatic rings. The first-order valence-corrected chi connectivity index (χ1v) is 9.22. The van der Waals surface area contributed by atoms with Gasteiger partial charge >= 0.3 is 0 Å². The van der Waals surface area contributed by atoms with Gasteiger partial charge < -0.3 is 9.30 Å². The predicted octanol–water partition coefficient (Wildman–Crippen LogP) is 4.34. The molecular formula is C20H22N2O2S. The van der Waals surface area contributed by atoms with Crippen LogP contribution in [0.15, 0.2) is 40.6 Å². The van der Waals surface area contributed by atoms with E-state index < -0.39 is 0 Å². The minimum absolute atomic E-state index is 0.00448. The van der Waals surface area contributed by atoms with E-state index in [9.17, 15) is 4.79 Å². The molecule has 0 fully saturated rings. The van der Waals surface area contributed by atoms with E-state index in [-0.39, 0.29) is 5.56 Å². The van der Waals surface area contributed by atoms with Crippen molar-refractivity contribution in [2.75, 3.05) is 6.61 Å². The van der Waals surface area contributed by atoms with E-state index in [2.05, 4.69) is 24.4 Å². The van der Waals surface area contributed by atoms with Gasteiger partial charge in [-0.1, -0.05) is 0 Å². The summed E-state index contributed by atoms with van der Waals surface area (Å²) in [5, 5.41) is 2.98. The van der Waals surface area contributed by atoms with Crippen LogP contribution in [0.5, 0.6) is 5.75 Å². The number of aryl methyl sites for hydroxylation is 3. The van der Waals surface area contributed by atoms with Gasteiger partial charge in [0.05, 0.1) is 18.8 Å². The van der Waals surface area contributed by atoms with E-state index in [4.69, 9.17) is 9.72 Å². The van der Waals surface area contributed by atoms with Gasteiger partial charge in [0.1, 0.15) is 10.8 Å². The van der Waals surface area contributed by atoms with Crippen LogP contribution in [0.2, 0.25) is 0 Å². The predicted molar refractivity (Wildman–Crippen MR) is 103 cm³/mol. The number of hydrogen-bond donors (Lipinski definition) is 0. The number of thiazole rings is 1. The second kappa shape index (κ2) is 7.23. The Morgan fingerprint density at radius 3 is 2.68 bits per heavy atom. The van der Waals surface area contributed by atoms with E-state index in [1.807, 2.05) is 33.0 Å². The maximum Gasteiger partial charge on any atom is 0.251 e. The molecule has 5 heteroatoms. The molecule has 0 saturated heterocycles. The van der Waals surface area contributed by atoms with Crippen molar-refractivity contribution in [3.63, 3.8) is 0 Å². The van der Waals surface area contributed by atoms with Gasteiger partial charge in [0.25, 0.3) is 5.56 Å². The van der Waals surface area contributed by atoms with E-state index in [0.717, 1.165) is 38.7 Å². The molecule has 4 nitrogen and oxygen atoms in total. The topological polar surface area (TPSA) is 44.1 Å². The van der Waals surface area contributed by atoms with Gasteiger partial charge in [-0.3, -0.25) is 4.79 Å². The molecule has 2 heterocycles. The average molecular weight is 354 g/mol. The summed E-state index contributed by atoms with van der Waals surface area (Å²) in [5.74, 6) is 0.922. The summed E-state index contributed by atoms with van der Waals surface area (Å²) in [4.78, 5) is 16.8. The lowest BCUT2D eigenvalue weighted by atomic mass is 10.0. The summed E-state index contributed by atoms with van der Waals surface area (Å²) in [6.07, 6.45) is 1.82. The highest BCUT2D eigenvalue weighted by molar-refractivity contribution is 7.09. The first kappa shape index (κ1) is 17.4. The van der Waals surface area contributed by atoms with Gasteiger partial charge in [-0.15, -0.1) is 11.3 Å². The summed E-state index contributed by atoms with van der Waals surface area (Å²) in [6, 6.07) is 7.78. The van der Waals surface area contributed by atoms with Gasteiger partial charge in [0.2, 0.25) is 0 Å². The number of benzene rings is 1. The molecular weight excluding hydrogens is 332 g/mol. The van der Waals surface area contributed by atoms with Crippen molar-refractivity contribution in [2.24, 2.45) is 0 Å². The Bertz CT molecular complexity index is 957. The summed E-state index contributed by atoms with van der Waals surface area (Å²) in [5.41, 5.74) is 5.28. The fourth-order valence-electron chi connectivity index (χ4n) is 2.77. The fourth-order valence-corrected chi connectivity index (χ4v) is 3.56. The van der Waals surface area contributed by atoms with Crippen LogP contribution < -0.4 is 10.3 Å². The molecule has 0 atom stereocenters. The van der Waals surface area contributed by atoms with Crippen LogP contribution in [-0.2, 0) is 6.54 Å². The second-order valence-electron chi connectivity index (χ2n) is 6.16. The summed E-state index contributed by atoms with van der Waals surface area (Å²) in [7, 11) is 0. The quantitative estimate of drug-likeness (QED) is 0.684. The molecule has 3 rings (SSSR count). The molecule has 0 saturated carbocycles. The minimum atomic E-state index is 0.00448. The molecule has 2 aromatic heterocycles. The monoisotopic (exact) mass is 354 g/mol. The Morgan fingerprint density at radius 1 is 1.16 bits per heavy atom. The van der Waals surface area contributed by atoms with Crippen LogP contribution in [0.4, 0.5) is 0 Å². The Labute approximate surface area is 151 Å². The third-order valence-corrected chi connectivity index (χ3v) is 4.94. The molecule has 0 bridgehead atoms. The SMILES string of the molecule is CCOc1cc(C)c(-c2csc(Cn3ccc(C)cc3=O)n2)cc1C. The van der Waals surface area contributed by atoms with Crippen molar-refractivity contribution in [1.29, 1.82) is 0 Å². The van der Waals surface area contributed by atoms with Gasteiger partial charge in [0.15, 0.2) is 0 Å². The maximum absolute atomic E-state index is 12.0. The molecule has 1 aromatic carbocycles. The highest BCUT2D eigenvalue weighted by Gasteiger charge is 2.11. The maximum atomic E-state index is 12.0. The largest absolute Gasteiger partial charge is 0.494 e. The standard InChI is InChI=1S/C20H22N2O2S/c1-5-24-18-10-14(3)16(9-15(18)4)17-12-25-19(21-17)11-22-7-6-13(2)8-20(22)23/h6-10,12H,5,11H2,1-4H3. The smallest absolute Gasteiger partial charge is 0.251 e. The molecule has 0 N–H and O–H groups in total. The van der Waals surface area contributed by atoms with Gasteiger partial charge in [-0.05, 0) is 62.6 Å². The average Bonchev–Trinajstić information content (AvgIpc) is 3.02. The van der Waals surface area contributed by atoms with E-state index in [0.29, 0.717) is 13.2 Å². The summed E-state index contributed by atoms with van der Waals surface area (Å²) in [6.45, 7) is 9.19. The van der Waals surface area contributed by atoms with Crippen LogP contribution in [0.25, 0.3) is 11.3 Å². The number of pyridine rings is 1. The minimum Gasteiger partial charge on any atom is -0.494 e. The zero-order chi connectivity index (χ0) is 18.0. The van der Waals surface area contributed by atoms with Crippen molar-refractivity contribution in [3.05, 3.63) is 67.9 Å². The number of hydrogen-bond acceptors (Lipinski definition) is 4. The van der Waals surface area contributed by atoms with Crippen LogP contribution >= 0.6 is 11.3 Å². The zero-order valence-corrected chi connectivity index (χ0v) is 15.8. The lowest BCUT2D eigenvalue weighted by Crippen LogP contribution is -2.19. The van der Waals surface area contributed by atoms with Crippen LogP contribution in [0, 0.1) is 20.8 Å². The molecule has 0 radical (unpaired) electrons. The van der Waals surface area contributed by atoms with Gasteiger partial charge in [-0.2, -0.15) is 0 Å². The molecule has 25 heavy (non-hydrogen) atoms. The lowest BCUT2D eigenvalue weighted by molar-refractivity contribution is 0.337. The van der Waals surface area contributed by atoms with Crippen molar-refractivity contribution in [1.82, 2.24) is 9.55 Å². The molecule has 0 aliphatic heterocycles. The van der Waals surface area contributed by atoms with E-state index in [1.165, 1.54) is 0 Å². The van der Waals surface area contributed by atoms with E-state index >= 15 is 0 Å². The number of ether oxygens (including phenoxy) is 1. The molecule has 130 valence electrons. The van der Waals surface area contributed by atoms with Crippen molar-refractivity contribution in [3.8, 4) is 17.0 Å². The van der Waals surface area contributed by atoms with Crippen molar-refractivity contribution in [2.45, 2.75) is 34.2 Å². The molecule has 3 aromatic rings. The van der Waals surface area contributed by atoms with Crippen molar-refractivity contribution >= 4 is 11.3 Å². The van der Waals surface area contributed by atoms with Gasteiger partial charge in [0, 0.05) is 23.2 Å². The van der Waals surface area contributed by atoms with Gasteiger partial charge in [-0.25, -0.2) is 4.98 Å². The Balaban J connectivity index is 1.89. The van der Waals surface area contributed by atoms with Crippen LogP contribution in [0.1, 0.15) is 28.6 Å². The van der Waals surface area contributed by atoms with Crippen LogP contribution in [-0.4, -0.2) is 16.2 Å². The number of rotatable bonds is 5. The molecule has 0 amide bonds.